The van der Waals surface area contributed by atoms with E-state index in [2.05, 4.69) is 4.90 Å². The van der Waals surface area contributed by atoms with Crippen molar-refractivity contribution in [2.75, 3.05) is 37.9 Å². The van der Waals surface area contributed by atoms with E-state index in [1.54, 1.807) is 12.1 Å². The average Bonchev–Trinajstić information content (AvgIpc) is 2.29. The standard InChI is InChI=1S/C11H16NO4P/c1-17(13,14)16-11-4-2-10(3-5-11)12-6-8-15-9-7-12/h2-5H,6-9H2,1H3,(H,13,14). The lowest BCUT2D eigenvalue weighted by Crippen LogP contribution is -2.36. The smallest absolute Gasteiger partial charge is 0.373 e. The Morgan fingerprint density at radius 3 is 2.41 bits per heavy atom. The van der Waals surface area contributed by atoms with E-state index in [1.807, 2.05) is 12.1 Å². The zero-order valence-corrected chi connectivity index (χ0v) is 10.6. The van der Waals surface area contributed by atoms with Crippen molar-refractivity contribution in [2.24, 2.45) is 0 Å². The molecule has 1 saturated heterocycles. The lowest BCUT2D eigenvalue weighted by atomic mass is 10.2. The Kier molecular flexibility index (Phi) is 3.72. The van der Waals surface area contributed by atoms with E-state index in [0.717, 1.165) is 32.0 Å². The fourth-order valence-corrected chi connectivity index (χ4v) is 2.25. The van der Waals surface area contributed by atoms with Gasteiger partial charge in [0.25, 0.3) is 0 Å². The summed E-state index contributed by atoms with van der Waals surface area (Å²) in [6, 6.07) is 7.18. The topological polar surface area (TPSA) is 59.0 Å². The predicted molar refractivity (Wildman–Crippen MR) is 65.9 cm³/mol. The van der Waals surface area contributed by atoms with Gasteiger partial charge in [-0.1, -0.05) is 0 Å². The summed E-state index contributed by atoms with van der Waals surface area (Å²) in [7, 11) is -3.47. The molecular formula is C11H16NO4P. The van der Waals surface area contributed by atoms with Gasteiger partial charge < -0.3 is 19.1 Å². The molecule has 1 unspecified atom stereocenters. The fraction of sp³-hybridized carbons (Fsp3) is 0.455. The van der Waals surface area contributed by atoms with Crippen molar-refractivity contribution in [3.05, 3.63) is 24.3 Å². The Balaban J connectivity index is 2.04. The van der Waals surface area contributed by atoms with E-state index in [9.17, 15) is 4.57 Å². The summed E-state index contributed by atoms with van der Waals surface area (Å²) >= 11 is 0. The van der Waals surface area contributed by atoms with E-state index in [4.69, 9.17) is 14.2 Å². The Labute approximate surface area is 100 Å². The molecule has 17 heavy (non-hydrogen) atoms. The Hall–Kier alpha value is -1.03. The summed E-state index contributed by atoms with van der Waals surface area (Å²) < 4.78 is 21.3. The molecule has 1 N–H and O–H groups in total. The van der Waals surface area contributed by atoms with Gasteiger partial charge in [-0.3, -0.25) is 0 Å². The monoisotopic (exact) mass is 257 g/mol. The number of ether oxygens (including phenoxy) is 1. The molecule has 1 aromatic carbocycles. The van der Waals surface area contributed by atoms with Crippen LogP contribution in [-0.4, -0.2) is 37.9 Å². The third kappa shape index (κ3) is 3.73. The van der Waals surface area contributed by atoms with Crippen molar-refractivity contribution in [3.8, 4) is 5.75 Å². The van der Waals surface area contributed by atoms with E-state index >= 15 is 0 Å². The highest BCUT2D eigenvalue weighted by atomic mass is 31.2. The number of morpholine rings is 1. The highest BCUT2D eigenvalue weighted by Gasteiger charge is 2.13. The van der Waals surface area contributed by atoms with Crippen LogP contribution in [0, 0.1) is 0 Å². The molecular weight excluding hydrogens is 241 g/mol. The summed E-state index contributed by atoms with van der Waals surface area (Å²) in [4.78, 5) is 11.3. The van der Waals surface area contributed by atoms with Crippen LogP contribution in [0.25, 0.3) is 0 Å². The van der Waals surface area contributed by atoms with Gasteiger partial charge in [0.15, 0.2) is 0 Å². The predicted octanol–water partition coefficient (Wildman–Crippen LogP) is 1.72. The van der Waals surface area contributed by atoms with E-state index in [-0.39, 0.29) is 0 Å². The van der Waals surface area contributed by atoms with Crippen molar-refractivity contribution in [2.45, 2.75) is 0 Å². The second-order valence-corrected chi connectivity index (χ2v) is 5.78. The molecule has 0 amide bonds. The van der Waals surface area contributed by atoms with E-state index in [1.165, 1.54) is 6.66 Å². The molecule has 1 aliphatic rings. The lowest BCUT2D eigenvalue weighted by Gasteiger charge is -2.28. The fourth-order valence-electron chi connectivity index (χ4n) is 1.73. The second-order valence-electron chi connectivity index (χ2n) is 3.99. The number of nitrogens with zero attached hydrogens (tertiary/aromatic N) is 1. The quantitative estimate of drug-likeness (QED) is 0.835. The van der Waals surface area contributed by atoms with Crippen LogP contribution in [0.3, 0.4) is 0 Å². The van der Waals surface area contributed by atoms with Gasteiger partial charge in [-0.25, -0.2) is 4.57 Å². The van der Waals surface area contributed by atoms with Gasteiger partial charge in [0.05, 0.1) is 13.2 Å². The first-order valence-electron chi connectivity index (χ1n) is 5.47. The summed E-state index contributed by atoms with van der Waals surface area (Å²) in [6.07, 6.45) is 0. The molecule has 0 aromatic heterocycles. The Bertz CT molecular complexity index is 408. The highest BCUT2D eigenvalue weighted by Crippen LogP contribution is 2.38. The van der Waals surface area contributed by atoms with Crippen molar-refractivity contribution in [1.29, 1.82) is 0 Å². The molecule has 1 heterocycles. The molecule has 5 nitrogen and oxygen atoms in total. The van der Waals surface area contributed by atoms with Gasteiger partial charge in [-0.05, 0) is 24.3 Å². The van der Waals surface area contributed by atoms with Gasteiger partial charge >= 0.3 is 7.60 Å². The molecule has 0 spiro atoms. The highest BCUT2D eigenvalue weighted by molar-refractivity contribution is 7.52. The minimum atomic E-state index is -3.47. The van der Waals surface area contributed by atoms with Gasteiger partial charge in [0, 0.05) is 25.4 Å². The van der Waals surface area contributed by atoms with Crippen LogP contribution >= 0.6 is 7.60 Å². The molecule has 94 valence electrons. The third-order valence-electron chi connectivity index (χ3n) is 2.49. The first-order chi connectivity index (χ1) is 8.04. The third-order valence-corrected chi connectivity index (χ3v) is 3.04. The summed E-state index contributed by atoms with van der Waals surface area (Å²) in [5.41, 5.74) is 1.07. The molecule has 0 saturated carbocycles. The molecule has 6 heteroatoms. The van der Waals surface area contributed by atoms with Crippen molar-refractivity contribution >= 4 is 13.3 Å². The normalized spacial score (nSPS) is 19.8. The van der Waals surface area contributed by atoms with Crippen molar-refractivity contribution in [1.82, 2.24) is 0 Å². The number of hydrogen-bond acceptors (Lipinski definition) is 4. The van der Waals surface area contributed by atoms with Gasteiger partial charge in [0.1, 0.15) is 5.75 Å². The molecule has 2 rings (SSSR count). The summed E-state index contributed by atoms with van der Waals surface area (Å²) in [6.45, 7) is 4.37. The Morgan fingerprint density at radius 1 is 1.29 bits per heavy atom. The van der Waals surface area contributed by atoms with E-state index < -0.39 is 7.60 Å². The van der Waals surface area contributed by atoms with E-state index in [0.29, 0.717) is 5.75 Å². The van der Waals surface area contributed by atoms with Crippen LogP contribution in [0.5, 0.6) is 5.75 Å². The van der Waals surface area contributed by atoms with Crippen LogP contribution in [0.1, 0.15) is 0 Å². The van der Waals surface area contributed by atoms with Gasteiger partial charge in [-0.15, -0.1) is 0 Å². The van der Waals surface area contributed by atoms with Crippen molar-refractivity contribution < 1.29 is 18.7 Å². The van der Waals surface area contributed by atoms with Crippen LogP contribution in [0.4, 0.5) is 5.69 Å². The Morgan fingerprint density at radius 2 is 1.88 bits per heavy atom. The van der Waals surface area contributed by atoms with Gasteiger partial charge in [0.2, 0.25) is 0 Å². The van der Waals surface area contributed by atoms with Crippen molar-refractivity contribution in [3.63, 3.8) is 0 Å². The van der Waals surface area contributed by atoms with Crippen LogP contribution in [-0.2, 0) is 9.30 Å². The summed E-state index contributed by atoms with van der Waals surface area (Å²) in [5, 5.41) is 0. The van der Waals surface area contributed by atoms with Crippen LogP contribution in [0.2, 0.25) is 0 Å². The van der Waals surface area contributed by atoms with Crippen LogP contribution in [0.15, 0.2) is 24.3 Å². The first kappa shape index (κ1) is 12.4. The zero-order valence-electron chi connectivity index (χ0n) is 9.70. The minimum absolute atomic E-state index is 0.412. The molecule has 0 bridgehead atoms. The van der Waals surface area contributed by atoms with Crippen LogP contribution < -0.4 is 9.42 Å². The SMILES string of the molecule is CP(=O)(O)Oc1ccc(N2CCOCC2)cc1. The average molecular weight is 257 g/mol. The number of anilines is 1. The minimum Gasteiger partial charge on any atom is -0.425 e. The number of benzene rings is 1. The molecule has 0 radical (unpaired) electrons. The zero-order chi connectivity index (χ0) is 12.3. The molecule has 0 aliphatic carbocycles. The van der Waals surface area contributed by atoms with Gasteiger partial charge in [-0.2, -0.15) is 0 Å². The second kappa shape index (κ2) is 5.08. The molecule has 1 fully saturated rings. The lowest BCUT2D eigenvalue weighted by molar-refractivity contribution is 0.122. The molecule has 1 aliphatic heterocycles. The number of hydrogen-bond donors (Lipinski definition) is 1. The maximum absolute atomic E-state index is 11.1. The molecule has 1 atom stereocenters. The maximum Gasteiger partial charge on any atom is 0.373 e. The number of rotatable bonds is 3. The summed E-state index contributed by atoms with van der Waals surface area (Å²) in [5.74, 6) is 0.412. The maximum atomic E-state index is 11.1. The first-order valence-corrected chi connectivity index (χ1v) is 7.50. The molecule has 1 aromatic rings. The largest absolute Gasteiger partial charge is 0.425 e.